The van der Waals surface area contributed by atoms with Crippen LogP contribution in [-0.2, 0) is 6.54 Å². The minimum absolute atomic E-state index is 0.315. The third-order valence-corrected chi connectivity index (χ3v) is 3.48. The molecule has 1 aliphatic rings. The lowest BCUT2D eigenvalue weighted by atomic mass is 10.1. The molecule has 0 radical (unpaired) electrons. The van der Waals surface area contributed by atoms with Crippen molar-refractivity contribution in [3.05, 3.63) is 35.4 Å². The van der Waals surface area contributed by atoms with E-state index in [1.54, 1.807) is 0 Å². The van der Waals surface area contributed by atoms with Crippen LogP contribution < -0.4 is 5.32 Å². The Morgan fingerprint density at radius 1 is 1.39 bits per heavy atom. The quantitative estimate of drug-likeness (QED) is 0.888. The third kappa shape index (κ3) is 3.27. The first-order chi connectivity index (χ1) is 8.70. The van der Waals surface area contributed by atoms with Crippen LogP contribution >= 0.6 is 0 Å². The molecule has 2 rings (SSSR count). The molecule has 2 nitrogen and oxygen atoms in total. The average Bonchev–Trinajstić information content (AvgIpc) is 2.36. The molecule has 1 aromatic carbocycles. The van der Waals surface area contributed by atoms with E-state index in [4.69, 9.17) is 0 Å². The summed E-state index contributed by atoms with van der Waals surface area (Å²) < 4.78 is 26.8. The lowest BCUT2D eigenvalue weighted by Gasteiger charge is -2.36. The van der Waals surface area contributed by atoms with Crippen LogP contribution in [0.3, 0.4) is 0 Å². The van der Waals surface area contributed by atoms with Crippen molar-refractivity contribution in [1.29, 1.82) is 0 Å². The van der Waals surface area contributed by atoms with Crippen molar-refractivity contribution in [3.8, 4) is 0 Å². The van der Waals surface area contributed by atoms with Crippen LogP contribution in [0.4, 0.5) is 8.78 Å². The van der Waals surface area contributed by atoms with Gasteiger partial charge >= 0.3 is 0 Å². The smallest absolute Gasteiger partial charge is 0.127 e. The number of hydrogen-bond donors (Lipinski definition) is 1. The van der Waals surface area contributed by atoms with Crippen molar-refractivity contribution in [2.45, 2.75) is 32.4 Å². The molecule has 0 aliphatic carbocycles. The summed E-state index contributed by atoms with van der Waals surface area (Å²) >= 11 is 0. The lowest BCUT2D eigenvalue weighted by molar-refractivity contribution is 0.142. The Labute approximate surface area is 107 Å². The highest BCUT2D eigenvalue weighted by Crippen LogP contribution is 2.17. The molecule has 1 atom stereocenters. The van der Waals surface area contributed by atoms with E-state index >= 15 is 0 Å². The number of hydrogen-bond acceptors (Lipinski definition) is 2. The fraction of sp³-hybridized carbons (Fsp3) is 0.571. The molecule has 4 heteroatoms. The maximum absolute atomic E-state index is 13.6. The van der Waals surface area contributed by atoms with E-state index in [9.17, 15) is 8.78 Å². The van der Waals surface area contributed by atoms with Gasteiger partial charge in [-0.3, -0.25) is 4.90 Å². The molecular weight excluding hydrogens is 234 g/mol. The largest absolute Gasteiger partial charge is 0.314 e. The maximum Gasteiger partial charge on any atom is 0.127 e. The summed E-state index contributed by atoms with van der Waals surface area (Å²) in [5.74, 6) is -0.682. The summed E-state index contributed by atoms with van der Waals surface area (Å²) in [7, 11) is 0. The topological polar surface area (TPSA) is 15.3 Å². The Balaban J connectivity index is 2.08. The molecule has 0 aromatic heterocycles. The van der Waals surface area contributed by atoms with E-state index in [1.165, 1.54) is 18.2 Å². The first kappa shape index (κ1) is 13.4. The normalized spacial score (nSPS) is 21.2. The number of nitrogens with zero attached hydrogens (tertiary/aromatic N) is 1. The standard InChI is InChI=1S/C14H20F2N2/c1-2-3-13-9-17-6-7-18(13)10-11-8-12(15)4-5-14(11)16/h4-5,8,13,17H,2-3,6-7,9-10H2,1H3. The van der Waals surface area contributed by atoms with Crippen LogP contribution in [0.2, 0.25) is 0 Å². The molecule has 100 valence electrons. The predicted molar refractivity (Wildman–Crippen MR) is 68.3 cm³/mol. The molecule has 1 aliphatic heterocycles. The van der Waals surface area contributed by atoms with Crippen LogP contribution in [0.1, 0.15) is 25.3 Å². The second-order valence-electron chi connectivity index (χ2n) is 4.85. The second-order valence-corrected chi connectivity index (χ2v) is 4.85. The van der Waals surface area contributed by atoms with Crippen molar-refractivity contribution < 1.29 is 8.78 Å². The van der Waals surface area contributed by atoms with Gasteiger partial charge in [0.05, 0.1) is 0 Å². The van der Waals surface area contributed by atoms with E-state index in [1.807, 2.05) is 0 Å². The maximum atomic E-state index is 13.6. The molecule has 0 bridgehead atoms. The molecule has 0 spiro atoms. The van der Waals surface area contributed by atoms with Gasteiger partial charge in [-0.15, -0.1) is 0 Å². The Bertz CT molecular complexity index is 393. The van der Waals surface area contributed by atoms with E-state index in [0.29, 0.717) is 18.2 Å². The summed E-state index contributed by atoms with van der Waals surface area (Å²) in [5.41, 5.74) is 0.456. The number of nitrogens with one attached hydrogen (secondary N) is 1. The van der Waals surface area contributed by atoms with E-state index in [-0.39, 0.29) is 11.6 Å². The van der Waals surface area contributed by atoms with Gasteiger partial charge in [0.2, 0.25) is 0 Å². The number of benzene rings is 1. The summed E-state index contributed by atoms with van der Waals surface area (Å²) in [6, 6.07) is 4.11. The third-order valence-electron chi connectivity index (χ3n) is 3.48. The molecule has 0 saturated carbocycles. The van der Waals surface area contributed by atoms with Gasteiger partial charge < -0.3 is 5.32 Å². The van der Waals surface area contributed by atoms with Gasteiger partial charge in [-0.1, -0.05) is 13.3 Å². The average molecular weight is 254 g/mol. The molecular formula is C14H20F2N2. The van der Waals surface area contributed by atoms with Gasteiger partial charge in [0.1, 0.15) is 11.6 Å². The van der Waals surface area contributed by atoms with Crippen molar-refractivity contribution in [3.63, 3.8) is 0 Å². The molecule has 1 fully saturated rings. The zero-order chi connectivity index (χ0) is 13.0. The summed E-state index contributed by atoms with van der Waals surface area (Å²) in [6.45, 7) is 5.38. The van der Waals surface area contributed by atoms with Gasteiger partial charge in [0, 0.05) is 37.8 Å². The Morgan fingerprint density at radius 3 is 3.00 bits per heavy atom. The van der Waals surface area contributed by atoms with Crippen LogP contribution in [0, 0.1) is 11.6 Å². The van der Waals surface area contributed by atoms with Gasteiger partial charge in [-0.25, -0.2) is 8.78 Å². The Kier molecular flexibility index (Phi) is 4.66. The number of rotatable bonds is 4. The lowest BCUT2D eigenvalue weighted by Crippen LogP contribution is -2.50. The molecule has 1 aromatic rings. The second kappa shape index (κ2) is 6.25. The number of halogens is 2. The van der Waals surface area contributed by atoms with Crippen LogP contribution in [0.5, 0.6) is 0 Å². The molecule has 0 amide bonds. The molecule has 1 unspecified atom stereocenters. The van der Waals surface area contributed by atoms with Crippen LogP contribution in [0.25, 0.3) is 0 Å². The van der Waals surface area contributed by atoms with E-state index in [2.05, 4.69) is 17.1 Å². The van der Waals surface area contributed by atoms with E-state index in [0.717, 1.165) is 32.5 Å². The van der Waals surface area contributed by atoms with Crippen molar-refractivity contribution in [2.75, 3.05) is 19.6 Å². The molecule has 1 heterocycles. The monoisotopic (exact) mass is 254 g/mol. The van der Waals surface area contributed by atoms with E-state index < -0.39 is 0 Å². The molecule has 1 saturated heterocycles. The summed E-state index contributed by atoms with van der Waals surface area (Å²) in [5, 5.41) is 3.35. The van der Waals surface area contributed by atoms with Gasteiger partial charge in [-0.2, -0.15) is 0 Å². The Morgan fingerprint density at radius 2 is 2.22 bits per heavy atom. The van der Waals surface area contributed by atoms with Gasteiger partial charge in [0.15, 0.2) is 0 Å². The molecule has 1 N–H and O–H groups in total. The molecule has 18 heavy (non-hydrogen) atoms. The SMILES string of the molecule is CCCC1CNCCN1Cc1cc(F)ccc1F. The fourth-order valence-corrected chi connectivity index (χ4v) is 2.51. The highest BCUT2D eigenvalue weighted by Gasteiger charge is 2.22. The van der Waals surface area contributed by atoms with Crippen molar-refractivity contribution in [1.82, 2.24) is 10.2 Å². The van der Waals surface area contributed by atoms with Gasteiger partial charge in [0.25, 0.3) is 0 Å². The highest BCUT2D eigenvalue weighted by molar-refractivity contribution is 5.18. The zero-order valence-corrected chi connectivity index (χ0v) is 10.8. The van der Waals surface area contributed by atoms with Gasteiger partial charge in [-0.05, 0) is 24.6 Å². The minimum atomic E-state index is -0.367. The first-order valence-corrected chi connectivity index (χ1v) is 6.59. The predicted octanol–water partition coefficient (Wildman–Crippen LogP) is 2.54. The van der Waals surface area contributed by atoms with Crippen LogP contribution in [0.15, 0.2) is 18.2 Å². The zero-order valence-electron chi connectivity index (χ0n) is 10.8. The highest BCUT2D eigenvalue weighted by atomic mass is 19.1. The Hall–Kier alpha value is -1.00. The fourth-order valence-electron chi connectivity index (χ4n) is 2.51. The first-order valence-electron chi connectivity index (χ1n) is 6.59. The van der Waals surface area contributed by atoms with Crippen molar-refractivity contribution in [2.24, 2.45) is 0 Å². The number of piperazine rings is 1. The summed E-state index contributed by atoms with van der Waals surface area (Å²) in [4.78, 5) is 2.25. The van der Waals surface area contributed by atoms with Crippen LogP contribution in [-0.4, -0.2) is 30.6 Å². The van der Waals surface area contributed by atoms with Crippen molar-refractivity contribution >= 4 is 0 Å². The summed E-state index contributed by atoms with van der Waals surface area (Å²) in [6.07, 6.45) is 2.19. The minimum Gasteiger partial charge on any atom is -0.314 e.